The normalized spacial score (nSPS) is 17.8. The zero-order valence-corrected chi connectivity index (χ0v) is 19.8. The molecule has 3 aromatic rings. The molecule has 0 bridgehead atoms. The molecule has 0 N–H and O–H groups in total. The molecular formula is C27H26F2N2O4. The Kier molecular flexibility index (Phi) is 6.88. The number of halogens is 2. The molecule has 1 heterocycles. The molecule has 0 aliphatic carbocycles. The minimum atomic E-state index is -1.33. The lowest BCUT2D eigenvalue weighted by Gasteiger charge is -2.30. The zero-order valence-electron chi connectivity index (χ0n) is 19.8. The number of hydrogen-bond donors (Lipinski definition) is 0. The smallest absolute Gasteiger partial charge is 0.257 e. The summed E-state index contributed by atoms with van der Waals surface area (Å²) in [6.07, 6.45) is 0.891. The van der Waals surface area contributed by atoms with Crippen LogP contribution < -0.4 is 9.47 Å². The van der Waals surface area contributed by atoms with Crippen LogP contribution in [0.2, 0.25) is 0 Å². The van der Waals surface area contributed by atoms with Crippen molar-refractivity contribution < 1.29 is 23.2 Å². The molecule has 3 aromatic carbocycles. The SMILES string of the molecule is CCCC(CC)c1cc(F)c(C2Oc3ccc4cc(C#N)c(OC)cc4c3C[C@@H]2[N+](=O)[O-])cc1F. The van der Waals surface area contributed by atoms with E-state index in [1.807, 2.05) is 13.8 Å². The van der Waals surface area contributed by atoms with Crippen molar-refractivity contribution >= 4 is 10.8 Å². The van der Waals surface area contributed by atoms with Crippen molar-refractivity contribution in [2.24, 2.45) is 0 Å². The number of nitro groups is 1. The first-order valence-electron chi connectivity index (χ1n) is 11.7. The Bertz CT molecular complexity index is 1340. The predicted molar refractivity (Wildman–Crippen MR) is 127 cm³/mol. The minimum absolute atomic E-state index is 0.0460. The van der Waals surface area contributed by atoms with E-state index in [0.717, 1.165) is 18.9 Å². The van der Waals surface area contributed by atoms with Crippen LogP contribution in [0.25, 0.3) is 10.8 Å². The highest BCUT2D eigenvalue weighted by atomic mass is 19.1. The van der Waals surface area contributed by atoms with Crippen molar-refractivity contribution in [2.45, 2.75) is 57.6 Å². The lowest BCUT2D eigenvalue weighted by Crippen LogP contribution is -2.37. The molecule has 6 nitrogen and oxygen atoms in total. The number of nitriles is 1. The highest BCUT2D eigenvalue weighted by Gasteiger charge is 2.42. The maximum absolute atomic E-state index is 15.3. The fourth-order valence-electron chi connectivity index (χ4n) is 5.00. The Morgan fingerprint density at radius 2 is 2.00 bits per heavy atom. The molecule has 35 heavy (non-hydrogen) atoms. The van der Waals surface area contributed by atoms with Crippen molar-refractivity contribution in [2.75, 3.05) is 7.11 Å². The number of ether oxygens (including phenoxy) is 2. The first kappa shape index (κ1) is 24.4. The lowest BCUT2D eigenvalue weighted by atomic mass is 9.87. The number of hydrogen-bond acceptors (Lipinski definition) is 5. The summed E-state index contributed by atoms with van der Waals surface area (Å²) in [6.45, 7) is 3.91. The van der Waals surface area contributed by atoms with Crippen LogP contribution in [0.1, 0.15) is 67.4 Å². The van der Waals surface area contributed by atoms with E-state index >= 15 is 8.78 Å². The molecule has 0 radical (unpaired) electrons. The van der Waals surface area contributed by atoms with Crippen LogP contribution >= 0.6 is 0 Å². The van der Waals surface area contributed by atoms with Gasteiger partial charge in [-0.2, -0.15) is 5.26 Å². The summed E-state index contributed by atoms with van der Waals surface area (Å²) in [6, 6.07) is 9.64. The second kappa shape index (κ2) is 9.87. The summed E-state index contributed by atoms with van der Waals surface area (Å²) in [7, 11) is 1.44. The topological polar surface area (TPSA) is 85.4 Å². The molecule has 182 valence electrons. The fraction of sp³-hybridized carbons (Fsp3) is 0.370. The molecule has 0 spiro atoms. The number of rotatable bonds is 7. The molecule has 3 atom stereocenters. The molecule has 0 amide bonds. The first-order chi connectivity index (χ1) is 16.8. The Morgan fingerprint density at radius 1 is 1.23 bits per heavy atom. The average molecular weight is 481 g/mol. The van der Waals surface area contributed by atoms with Gasteiger partial charge in [0.1, 0.15) is 29.2 Å². The van der Waals surface area contributed by atoms with Gasteiger partial charge in [0.15, 0.2) is 6.10 Å². The maximum Gasteiger partial charge on any atom is 0.257 e. The van der Waals surface area contributed by atoms with E-state index in [-0.39, 0.29) is 23.5 Å². The van der Waals surface area contributed by atoms with Crippen LogP contribution in [0.5, 0.6) is 11.5 Å². The third kappa shape index (κ3) is 4.39. The molecule has 4 rings (SSSR count). The predicted octanol–water partition coefficient (Wildman–Crippen LogP) is 6.61. The second-order valence-electron chi connectivity index (χ2n) is 8.81. The van der Waals surface area contributed by atoms with E-state index in [1.165, 1.54) is 13.2 Å². The Morgan fingerprint density at radius 3 is 2.63 bits per heavy atom. The van der Waals surface area contributed by atoms with Gasteiger partial charge in [-0.25, -0.2) is 8.78 Å². The average Bonchev–Trinajstić information content (AvgIpc) is 2.86. The summed E-state index contributed by atoms with van der Waals surface area (Å²) in [5.41, 5.74) is 1.03. The zero-order chi connectivity index (χ0) is 25.3. The molecule has 0 saturated carbocycles. The second-order valence-corrected chi connectivity index (χ2v) is 8.81. The monoisotopic (exact) mass is 480 g/mol. The molecular weight excluding hydrogens is 454 g/mol. The highest BCUT2D eigenvalue weighted by molar-refractivity contribution is 5.91. The number of methoxy groups -OCH3 is 1. The van der Waals surface area contributed by atoms with E-state index in [2.05, 4.69) is 6.07 Å². The van der Waals surface area contributed by atoms with Crippen LogP contribution in [0.3, 0.4) is 0 Å². The van der Waals surface area contributed by atoms with Crippen molar-refractivity contribution in [3.63, 3.8) is 0 Å². The quantitative estimate of drug-likeness (QED) is 0.280. The van der Waals surface area contributed by atoms with E-state index in [0.29, 0.717) is 39.8 Å². The summed E-state index contributed by atoms with van der Waals surface area (Å²) in [5, 5.41) is 22.8. The third-order valence-electron chi connectivity index (χ3n) is 6.81. The summed E-state index contributed by atoms with van der Waals surface area (Å²) >= 11 is 0. The molecule has 2 unspecified atom stereocenters. The van der Waals surface area contributed by atoms with Crippen LogP contribution in [0.15, 0.2) is 36.4 Å². The summed E-state index contributed by atoms with van der Waals surface area (Å²) in [4.78, 5) is 11.5. The van der Waals surface area contributed by atoms with E-state index in [1.54, 1.807) is 24.3 Å². The van der Waals surface area contributed by atoms with Gasteiger partial charge in [-0.3, -0.25) is 10.1 Å². The maximum atomic E-state index is 15.3. The van der Waals surface area contributed by atoms with E-state index in [9.17, 15) is 15.4 Å². The van der Waals surface area contributed by atoms with Gasteiger partial charge in [0.2, 0.25) is 0 Å². The van der Waals surface area contributed by atoms with Crippen molar-refractivity contribution in [3.8, 4) is 17.6 Å². The molecule has 8 heteroatoms. The third-order valence-corrected chi connectivity index (χ3v) is 6.81. The Labute approximate surface area is 202 Å². The number of fused-ring (bicyclic) bond motifs is 3. The van der Waals surface area contributed by atoms with Gasteiger partial charge < -0.3 is 9.47 Å². The molecule has 1 aliphatic rings. The first-order valence-corrected chi connectivity index (χ1v) is 11.7. The van der Waals surface area contributed by atoms with Crippen LogP contribution in [-0.4, -0.2) is 18.1 Å². The van der Waals surface area contributed by atoms with Crippen molar-refractivity contribution in [1.29, 1.82) is 5.26 Å². The molecule has 1 aliphatic heterocycles. The standard InChI is InChI=1S/C27H26F2N2O4/c1-4-6-15(5-2)19-10-23(29)21(11-22(19)28)27-24(31(32)33)12-20-18-13-26(34-3)17(14-30)9-16(18)7-8-25(20)35-27/h7-11,13,15,24,27H,4-6,12H2,1-3H3/t15?,24-,27?/m0/s1. The largest absolute Gasteiger partial charge is 0.495 e. The van der Waals surface area contributed by atoms with Gasteiger partial charge in [0, 0.05) is 22.5 Å². The van der Waals surface area contributed by atoms with Crippen molar-refractivity contribution in [3.05, 3.63) is 80.4 Å². The van der Waals surface area contributed by atoms with Crippen LogP contribution in [0, 0.1) is 33.1 Å². The van der Waals surface area contributed by atoms with Gasteiger partial charge in [0.05, 0.1) is 12.7 Å². The summed E-state index contributed by atoms with van der Waals surface area (Å²) < 4.78 is 41.7. The molecule has 0 saturated heterocycles. The van der Waals surface area contributed by atoms with Gasteiger partial charge in [-0.05, 0) is 65.4 Å². The lowest BCUT2D eigenvalue weighted by molar-refractivity contribution is -0.535. The van der Waals surface area contributed by atoms with Crippen LogP contribution in [-0.2, 0) is 6.42 Å². The van der Waals surface area contributed by atoms with Gasteiger partial charge in [0.25, 0.3) is 6.04 Å². The van der Waals surface area contributed by atoms with Gasteiger partial charge in [-0.15, -0.1) is 0 Å². The van der Waals surface area contributed by atoms with Gasteiger partial charge in [-0.1, -0.05) is 26.3 Å². The summed E-state index contributed by atoms with van der Waals surface area (Å²) in [5.74, 6) is -0.714. The minimum Gasteiger partial charge on any atom is -0.495 e. The van der Waals surface area contributed by atoms with Crippen molar-refractivity contribution in [1.82, 2.24) is 0 Å². The Hall–Kier alpha value is -3.73. The molecule has 0 fully saturated rings. The van der Waals surface area contributed by atoms with E-state index in [4.69, 9.17) is 9.47 Å². The van der Waals surface area contributed by atoms with Crippen LogP contribution in [0.4, 0.5) is 8.78 Å². The Balaban J connectivity index is 1.81. The highest BCUT2D eigenvalue weighted by Crippen LogP contribution is 2.42. The molecule has 0 aromatic heterocycles. The number of benzene rings is 3. The number of nitrogens with zero attached hydrogens (tertiary/aromatic N) is 2. The van der Waals surface area contributed by atoms with Gasteiger partial charge >= 0.3 is 0 Å². The fourth-order valence-corrected chi connectivity index (χ4v) is 5.00. The van der Waals surface area contributed by atoms with E-state index < -0.39 is 28.7 Å².